The number of Topliss-reactive ketones (excluding diaryl/α,β-unsaturated/α-hetero) is 1. The van der Waals surface area contributed by atoms with Crippen molar-refractivity contribution in [2.75, 3.05) is 0 Å². The average molecular weight is 259 g/mol. The summed E-state index contributed by atoms with van der Waals surface area (Å²) in [7, 11) is 0. The maximum absolute atomic E-state index is 13.4. The summed E-state index contributed by atoms with van der Waals surface area (Å²) >= 11 is 5.73. The summed E-state index contributed by atoms with van der Waals surface area (Å²) in [5, 5.41) is 10.1. The molecule has 0 aliphatic rings. The van der Waals surface area contributed by atoms with Crippen LogP contribution in [0.4, 0.5) is 4.39 Å². The van der Waals surface area contributed by atoms with Crippen molar-refractivity contribution in [1.29, 1.82) is 0 Å². The monoisotopic (exact) mass is 258 g/mol. The van der Waals surface area contributed by atoms with Crippen molar-refractivity contribution >= 4 is 17.4 Å². The fraction of sp³-hybridized carbons (Fsp3) is 0.462. The van der Waals surface area contributed by atoms with Gasteiger partial charge in [-0.1, -0.05) is 32.4 Å². The fourth-order valence-electron chi connectivity index (χ4n) is 1.45. The summed E-state index contributed by atoms with van der Waals surface area (Å²) in [5.41, 5.74) is -0.336. The average Bonchev–Trinajstić information content (AvgIpc) is 2.21. The molecule has 0 spiro atoms. The first kappa shape index (κ1) is 14.1. The molecule has 0 saturated carbocycles. The highest BCUT2D eigenvalue weighted by Crippen LogP contribution is 2.22. The smallest absolute Gasteiger partial charge is 0.166 e. The summed E-state index contributed by atoms with van der Waals surface area (Å²) in [6.45, 7) is 5.26. The Morgan fingerprint density at radius 1 is 1.47 bits per heavy atom. The molecule has 94 valence electrons. The van der Waals surface area contributed by atoms with E-state index in [1.165, 1.54) is 18.2 Å². The third-order valence-corrected chi connectivity index (χ3v) is 2.73. The molecule has 1 aromatic rings. The first-order valence-electron chi connectivity index (χ1n) is 5.36. The van der Waals surface area contributed by atoms with Crippen molar-refractivity contribution in [3.63, 3.8) is 0 Å². The van der Waals surface area contributed by atoms with Gasteiger partial charge in [-0.05, 0) is 29.2 Å². The molecule has 0 fully saturated rings. The number of benzene rings is 1. The molecule has 0 aromatic heterocycles. The molecule has 1 unspecified atom stereocenters. The lowest BCUT2D eigenvalue weighted by Gasteiger charge is -2.24. The van der Waals surface area contributed by atoms with Gasteiger partial charge in [0.1, 0.15) is 11.9 Å². The highest BCUT2D eigenvalue weighted by atomic mass is 35.5. The predicted molar refractivity (Wildman–Crippen MR) is 65.6 cm³/mol. The van der Waals surface area contributed by atoms with Crippen molar-refractivity contribution in [2.45, 2.75) is 33.3 Å². The van der Waals surface area contributed by atoms with Crippen molar-refractivity contribution in [3.8, 4) is 0 Å². The molecule has 1 atom stereocenters. The van der Waals surface area contributed by atoms with E-state index in [0.29, 0.717) is 5.02 Å². The molecule has 2 nitrogen and oxygen atoms in total. The second-order valence-electron chi connectivity index (χ2n) is 5.15. The largest absolute Gasteiger partial charge is 0.385 e. The number of rotatable bonds is 3. The molecule has 0 heterocycles. The van der Waals surface area contributed by atoms with E-state index in [-0.39, 0.29) is 12.0 Å². The topological polar surface area (TPSA) is 37.3 Å². The minimum Gasteiger partial charge on any atom is -0.385 e. The Balaban J connectivity index is 2.85. The van der Waals surface area contributed by atoms with Crippen LogP contribution in [0.15, 0.2) is 18.2 Å². The van der Waals surface area contributed by atoms with Crippen molar-refractivity contribution < 1.29 is 14.3 Å². The number of ketones is 1. The number of carbonyl (C=O) groups is 1. The zero-order chi connectivity index (χ0) is 13.2. The molecular formula is C13H16ClFO2. The molecule has 1 rings (SSSR count). The highest BCUT2D eigenvalue weighted by molar-refractivity contribution is 6.30. The summed E-state index contributed by atoms with van der Waals surface area (Å²) in [6.07, 6.45) is -1.26. The lowest BCUT2D eigenvalue weighted by Crippen LogP contribution is -2.35. The maximum Gasteiger partial charge on any atom is 0.166 e. The summed E-state index contributed by atoms with van der Waals surface area (Å²) in [4.78, 5) is 11.8. The van der Waals surface area contributed by atoms with Crippen LogP contribution >= 0.6 is 11.6 Å². The minimum absolute atomic E-state index is 0.148. The van der Waals surface area contributed by atoms with Crippen molar-refractivity contribution in [3.05, 3.63) is 34.6 Å². The van der Waals surface area contributed by atoms with Crippen molar-refractivity contribution in [2.24, 2.45) is 5.41 Å². The van der Waals surface area contributed by atoms with Gasteiger partial charge in [0.2, 0.25) is 0 Å². The Morgan fingerprint density at radius 2 is 2.06 bits per heavy atom. The fourth-order valence-corrected chi connectivity index (χ4v) is 1.64. The molecule has 1 aromatic carbocycles. The number of carbonyl (C=O) groups excluding carboxylic acids is 1. The SMILES string of the molecule is CC(C)(C)C(O)C(=O)Cc1cc(Cl)ccc1F. The molecule has 0 saturated heterocycles. The third kappa shape index (κ3) is 3.79. The standard InChI is InChI=1S/C13H16ClFO2/c1-13(2,3)12(17)11(16)7-8-6-9(14)4-5-10(8)15/h4-6,12,17H,7H2,1-3H3. The molecule has 0 aliphatic carbocycles. The van der Waals surface area contributed by atoms with E-state index in [4.69, 9.17) is 11.6 Å². The first-order valence-corrected chi connectivity index (χ1v) is 5.74. The lowest BCUT2D eigenvalue weighted by atomic mass is 9.85. The van der Waals surface area contributed by atoms with Gasteiger partial charge < -0.3 is 5.11 Å². The van der Waals surface area contributed by atoms with Crippen LogP contribution in [0.5, 0.6) is 0 Å². The Hall–Kier alpha value is -0.930. The second kappa shape index (κ2) is 5.15. The summed E-state index contributed by atoms with van der Waals surface area (Å²) in [6, 6.07) is 4.05. The van der Waals surface area contributed by atoms with Gasteiger partial charge >= 0.3 is 0 Å². The van der Waals surface area contributed by atoms with E-state index < -0.39 is 23.1 Å². The van der Waals surface area contributed by atoms with Gasteiger partial charge in [0.25, 0.3) is 0 Å². The Labute approximate surface area is 105 Å². The lowest BCUT2D eigenvalue weighted by molar-refractivity contribution is -0.131. The van der Waals surface area contributed by atoms with Crippen LogP contribution in [-0.2, 0) is 11.2 Å². The number of aliphatic hydroxyl groups is 1. The van der Waals surface area contributed by atoms with Crippen LogP contribution in [0.1, 0.15) is 26.3 Å². The van der Waals surface area contributed by atoms with Gasteiger partial charge in [-0.15, -0.1) is 0 Å². The number of aliphatic hydroxyl groups excluding tert-OH is 1. The molecule has 0 radical (unpaired) electrons. The Kier molecular flexibility index (Phi) is 4.28. The zero-order valence-corrected chi connectivity index (χ0v) is 10.9. The molecular weight excluding hydrogens is 243 g/mol. The van der Waals surface area contributed by atoms with Crippen LogP contribution in [-0.4, -0.2) is 17.0 Å². The Morgan fingerprint density at radius 3 is 2.59 bits per heavy atom. The quantitative estimate of drug-likeness (QED) is 0.905. The van der Waals surface area contributed by atoms with Crippen LogP contribution in [0.25, 0.3) is 0 Å². The minimum atomic E-state index is -1.11. The van der Waals surface area contributed by atoms with Gasteiger partial charge in [0.05, 0.1) is 0 Å². The molecule has 17 heavy (non-hydrogen) atoms. The van der Waals surface area contributed by atoms with Crippen molar-refractivity contribution in [1.82, 2.24) is 0 Å². The zero-order valence-electron chi connectivity index (χ0n) is 10.1. The van der Waals surface area contributed by atoms with Crippen LogP contribution in [0, 0.1) is 11.2 Å². The Bertz CT molecular complexity index is 424. The summed E-state index contributed by atoms with van der Waals surface area (Å²) in [5.74, 6) is -0.887. The molecule has 4 heteroatoms. The number of halogens is 2. The van der Waals surface area contributed by atoms with Crippen LogP contribution in [0.3, 0.4) is 0 Å². The highest BCUT2D eigenvalue weighted by Gasteiger charge is 2.29. The van der Waals surface area contributed by atoms with Gasteiger partial charge in [-0.2, -0.15) is 0 Å². The van der Waals surface area contributed by atoms with Crippen LogP contribution < -0.4 is 0 Å². The van der Waals surface area contributed by atoms with Gasteiger partial charge in [-0.25, -0.2) is 4.39 Å². The molecule has 0 bridgehead atoms. The van der Waals surface area contributed by atoms with E-state index in [1.807, 2.05) is 0 Å². The van der Waals surface area contributed by atoms with E-state index in [9.17, 15) is 14.3 Å². The molecule has 0 amide bonds. The normalized spacial score (nSPS) is 13.5. The van der Waals surface area contributed by atoms with Gasteiger partial charge in [0.15, 0.2) is 5.78 Å². The van der Waals surface area contributed by atoms with E-state index in [1.54, 1.807) is 20.8 Å². The molecule has 1 N–H and O–H groups in total. The van der Waals surface area contributed by atoms with E-state index in [0.717, 1.165) is 0 Å². The van der Waals surface area contributed by atoms with Crippen LogP contribution in [0.2, 0.25) is 5.02 Å². The van der Waals surface area contributed by atoms with E-state index >= 15 is 0 Å². The number of hydrogen-bond acceptors (Lipinski definition) is 2. The maximum atomic E-state index is 13.4. The molecule has 0 aliphatic heterocycles. The second-order valence-corrected chi connectivity index (χ2v) is 5.58. The van der Waals surface area contributed by atoms with Gasteiger partial charge in [0, 0.05) is 11.4 Å². The van der Waals surface area contributed by atoms with Gasteiger partial charge in [-0.3, -0.25) is 4.79 Å². The summed E-state index contributed by atoms with van der Waals surface area (Å²) < 4.78 is 13.4. The number of hydrogen-bond donors (Lipinski definition) is 1. The van der Waals surface area contributed by atoms with E-state index in [2.05, 4.69) is 0 Å². The predicted octanol–water partition coefficient (Wildman–Crippen LogP) is 3.00. The third-order valence-electron chi connectivity index (χ3n) is 2.50. The first-order chi connectivity index (χ1) is 7.71.